The molecule has 0 spiro atoms. The standard InChI is InChI=1S/C12H17Cl3OSi/c1-12(2,3)17(4,5)16-11-9(14)7-6-8(13)10(11)15/h6-7H,1-5H3. The van der Waals surface area contributed by atoms with Crippen LogP contribution in [0.4, 0.5) is 0 Å². The van der Waals surface area contributed by atoms with Gasteiger partial charge in [0.2, 0.25) is 0 Å². The Morgan fingerprint density at radius 3 is 1.94 bits per heavy atom. The van der Waals surface area contributed by atoms with E-state index < -0.39 is 8.32 Å². The normalized spacial score (nSPS) is 12.7. The lowest BCUT2D eigenvalue weighted by Gasteiger charge is -2.37. The fourth-order valence-corrected chi connectivity index (χ4v) is 2.76. The minimum atomic E-state index is -1.96. The Morgan fingerprint density at radius 2 is 1.47 bits per heavy atom. The van der Waals surface area contributed by atoms with Gasteiger partial charge in [-0.2, -0.15) is 0 Å². The summed E-state index contributed by atoms with van der Waals surface area (Å²) in [6, 6.07) is 3.38. The van der Waals surface area contributed by atoms with Crippen LogP contribution in [0.1, 0.15) is 20.8 Å². The van der Waals surface area contributed by atoms with E-state index in [1.54, 1.807) is 12.1 Å². The quantitative estimate of drug-likeness (QED) is 0.478. The van der Waals surface area contributed by atoms with Crippen LogP contribution >= 0.6 is 34.8 Å². The van der Waals surface area contributed by atoms with Crippen LogP contribution in [0.2, 0.25) is 33.2 Å². The summed E-state index contributed by atoms with van der Waals surface area (Å²) >= 11 is 18.2. The van der Waals surface area contributed by atoms with Gasteiger partial charge < -0.3 is 4.43 Å². The summed E-state index contributed by atoms with van der Waals surface area (Å²) in [6.45, 7) is 10.8. The monoisotopic (exact) mass is 310 g/mol. The molecule has 0 saturated heterocycles. The molecular weight excluding hydrogens is 295 g/mol. The first-order valence-electron chi connectivity index (χ1n) is 5.39. The molecule has 0 amide bonds. The van der Waals surface area contributed by atoms with Crippen LogP contribution in [0.5, 0.6) is 5.75 Å². The maximum absolute atomic E-state index is 6.14. The average Bonchev–Trinajstić information content (AvgIpc) is 2.17. The van der Waals surface area contributed by atoms with Crippen molar-refractivity contribution in [3.63, 3.8) is 0 Å². The first-order valence-corrected chi connectivity index (χ1v) is 9.43. The lowest BCUT2D eigenvalue weighted by molar-refractivity contribution is 0.492. The summed E-state index contributed by atoms with van der Waals surface area (Å²) in [5.41, 5.74) is 0. The summed E-state index contributed by atoms with van der Waals surface area (Å²) in [5.74, 6) is 0.507. The second-order valence-corrected chi connectivity index (χ2v) is 11.5. The van der Waals surface area contributed by atoms with Gasteiger partial charge in [-0.05, 0) is 30.3 Å². The minimum absolute atomic E-state index is 0.0853. The first kappa shape index (κ1) is 15.2. The van der Waals surface area contributed by atoms with E-state index in [2.05, 4.69) is 33.9 Å². The highest BCUT2D eigenvalue weighted by molar-refractivity contribution is 6.75. The van der Waals surface area contributed by atoms with Crippen LogP contribution in [-0.4, -0.2) is 8.32 Å². The van der Waals surface area contributed by atoms with Crippen molar-refractivity contribution >= 4 is 43.1 Å². The molecule has 17 heavy (non-hydrogen) atoms. The van der Waals surface area contributed by atoms with Gasteiger partial charge in [0.1, 0.15) is 10.8 Å². The van der Waals surface area contributed by atoms with Gasteiger partial charge in [-0.15, -0.1) is 0 Å². The third kappa shape index (κ3) is 3.31. The third-order valence-electron chi connectivity index (χ3n) is 3.17. The van der Waals surface area contributed by atoms with Gasteiger partial charge in [0.25, 0.3) is 8.32 Å². The van der Waals surface area contributed by atoms with Crippen molar-refractivity contribution in [2.75, 3.05) is 0 Å². The van der Waals surface area contributed by atoms with Crippen molar-refractivity contribution in [1.29, 1.82) is 0 Å². The van der Waals surface area contributed by atoms with E-state index in [0.717, 1.165) is 0 Å². The highest BCUT2D eigenvalue weighted by Gasteiger charge is 2.39. The SMILES string of the molecule is CC(C)(C)[Si](C)(C)Oc1c(Cl)ccc(Cl)c1Cl. The highest BCUT2D eigenvalue weighted by Crippen LogP contribution is 2.43. The largest absolute Gasteiger partial charge is 0.541 e. The fourth-order valence-electron chi connectivity index (χ4n) is 1.01. The van der Waals surface area contributed by atoms with Gasteiger partial charge >= 0.3 is 0 Å². The molecule has 0 radical (unpaired) electrons. The Kier molecular flexibility index (Phi) is 4.46. The molecule has 1 aromatic rings. The number of halogens is 3. The fraction of sp³-hybridized carbons (Fsp3) is 0.500. The molecule has 0 atom stereocenters. The molecular formula is C12H17Cl3OSi. The minimum Gasteiger partial charge on any atom is -0.541 e. The van der Waals surface area contributed by atoms with Gasteiger partial charge in [-0.3, -0.25) is 0 Å². The van der Waals surface area contributed by atoms with Gasteiger partial charge in [-0.25, -0.2) is 0 Å². The van der Waals surface area contributed by atoms with Crippen molar-refractivity contribution < 1.29 is 4.43 Å². The molecule has 0 unspecified atom stereocenters. The van der Waals surface area contributed by atoms with E-state index in [9.17, 15) is 0 Å². The smallest absolute Gasteiger partial charge is 0.250 e. The zero-order chi connectivity index (χ0) is 13.4. The summed E-state index contributed by atoms with van der Waals surface area (Å²) in [6.07, 6.45) is 0. The van der Waals surface area contributed by atoms with Crippen LogP contribution in [0.15, 0.2) is 12.1 Å². The van der Waals surface area contributed by atoms with Crippen LogP contribution in [-0.2, 0) is 0 Å². The zero-order valence-electron chi connectivity index (χ0n) is 10.7. The number of rotatable bonds is 2. The molecule has 0 N–H and O–H groups in total. The Bertz CT molecular complexity index is 424. The maximum atomic E-state index is 6.14. The predicted molar refractivity (Wildman–Crippen MR) is 79.3 cm³/mol. The second-order valence-electron chi connectivity index (χ2n) is 5.53. The Labute approximate surface area is 119 Å². The van der Waals surface area contributed by atoms with Gasteiger partial charge in [-0.1, -0.05) is 55.6 Å². The summed E-state index contributed by atoms with van der Waals surface area (Å²) in [7, 11) is -1.96. The van der Waals surface area contributed by atoms with Crippen molar-refractivity contribution in [2.24, 2.45) is 0 Å². The van der Waals surface area contributed by atoms with Gasteiger partial charge in [0.15, 0.2) is 0 Å². The first-order chi connectivity index (χ1) is 7.56. The van der Waals surface area contributed by atoms with Gasteiger partial charge in [0.05, 0.1) is 10.0 Å². The molecule has 0 fully saturated rings. The van der Waals surface area contributed by atoms with E-state index in [4.69, 9.17) is 39.2 Å². The van der Waals surface area contributed by atoms with Crippen molar-refractivity contribution in [1.82, 2.24) is 0 Å². The Balaban J connectivity index is 3.16. The van der Waals surface area contributed by atoms with Crippen LogP contribution in [0.25, 0.3) is 0 Å². The van der Waals surface area contributed by atoms with E-state index >= 15 is 0 Å². The number of hydrogen-bond acceptors (Lipinski definition) is 1. The molecule has 5 heteroatoms. The van der Waals surface area contributed by atoms with Crippen LogP contribution in [0, 0.1) is 0 Å². The third-order valence-corrected chi connectivity index (χ3v) is 8.58. The molecule has 0 bridgehead atoms. The van der Waals surface area contributed by atoms with Crippen molar-refractivity contribution in [2.45, 2.75) is 38.9 Å². The Hall–Kier alpha value is 0.107. The average molecular weight is 312 g/mol. The molecule has 0 aliphatic carbocycles. The molecule has 1 nitrogen and oxygen atoms in total. The van der Waals surface area contributed by atoms with Crippen molar-refractivity contribution in [3.8, 4) is 5.75 Å². The van der Waals surface area contributed by atoms with E-state index in [1.807, 2.05) is 0 Å². The molecule has 96 valence electrons. The van der Waals surface area contributed by atoms with Crippen molar-refractivity contribution in [3.05, 3.63) is 27.2 Å². The van der Waals surface area contributed by atoms with Crippen LogP contribution in [0.3, 0.4) is 0 Å². The molecule has 0 aromatic heterocycles. The maximum Gasteiger partial charge on any atom is 0.250 e. The van der Waals surface area contributed by atoms with E-state index in [1.165, 1.54) is 0 Å². The second kappa shape index (κ2) is 5.00. The predicted octanol–water partition coefficient (Wildman–Crippen LogP) is 6.03. The highest BCUT2D eigenvalue weighted by atomic mass is 35.5. The Morgan fingerprint density at radius 1 is 1.00 bits per heavy atom. The summed E-state index contributed by atoms with van der Waals surface area (Å²) in [4.78, 5) is 0. The molecule has 0 heterocycles. The molecule has 0 saturated carbocycles. The van der Waals surface area contributed by atoms with Crippen LogP contribution < -0.4 is 4.43 Å². The zero-order valence-corrected chi connectivity index (χ0v) is 14.0. The molecule has 1 aromatic carbocycles. The topological polar surface area (TPSA) is 9.23 Å². The molecule has 0 aliphatic rings. The summed E-state index contributed by atoms with van der Waals surface area (Å²) in [5, 5.41) is 1.44. The van der Waals surface area contributed by atoms with E-state index in [0.29, 0.717) is 20.8 Å². The lowest BCUT2D eigenvalue weighted by Crippen LogP contribution is -2.44. The molecule has 0 aliphatic heterocycles. The summed E-state index contributed by atoms with van der Waals surface area (Å²) < 4.78 is 6.10. The molecule has 1 rings (SSSR count). The van der Waals surface area contributed by atoms with Gasteiger partial charge in [0, 0.05) is 0 Å². The number of hydrogen-bond donors (Lipinski definition) is 0. The van der Waals surface area contributed by atoms with E-state index in [-0.39, 0.29) is 5.04 Å². The lowest BCUT2D eigenvalue weighted by atomic mass is 10.2. The number of benzene rings is 1.